The van der Waals surface area contributed by atoms with Gasteiger partial charge in [0.05, 0.1) is 12.0 Å². The molecule has 1 saturated heterocycles. The first-order valence-electron chi connectivity index (χ1n) is 7.29. The predicted octanol–water partition coefficient (Wildman–Crippen LogP) is 2.63. The summed E-state index contributed by atoms with van der Waals surface area (Å²) < 4.78 is 14.8. The summed E-state index contributed by atoms with van der Waals surface area (Å²) in [6.07, 6.45) is 0. The van der Waals surface area contributed by atoms with E-state index in [0.29, 0.717) is 0 Å². The molecule has 1 atom stereocenters. The lowest BCUT2D eigenvalue weighted by atomic mass is 9.79. The fourth-order valence-electron chi connectivity index (χ4n) is 3.01. The van der Waals surface area contributed by atoms with Crippen molar-refractivity contribution in [2.24, 2.45) is 5.41 Å². The lowest BCUT2D eigenvalue weighted by Crippen LogP contribution is -2.47. The average molecular weight is 307 g/mol. The Morgan fingerprint density at radius 2 is 1.73 bits per heavy atom. The van der Waals surface area contributed by atoms with Gasteiger partial charge in [0.15, 0.2) is 0 Å². The molecule has 0 saturated carbocycles. The van der Waals surface area contributed by atoms with Crippen molar-refractivity contribution in [3.05, 3.63) is 35.9 Å². The number of hydrogen-bond donors (Lipinski definition) is 1. The van der Waals surface area contributed by atoms with Gasteiger partial charge in [-0.05, 0) is 19.4 Å². The largest absolute Gasteiger partial charge is 0.479 e. The Labute approximate surface area is 129 Å². The smallest absolute Gasteiger partial charge is 0.343 e. The van der Waals surface area contributed by atoms with Crippen molar-refractivity contribution in [2.45, 2.75) is 38.8 Å². The van der Waals surface area contributed by atoms with E-state index in [0.717, 1.165) is 5.56 Å². The molecule has 0 bridgehead atoms. The van der Waals surface area contributed by atoms with Crippen molar-refractivity contribution in [1.82, 2.24) is 4.90 Å². The van der Waals surface area contributed by atoms with Gasteiger partial charge in [0.1, 0.15) is 0 Å². The van der Waals surface area contributed by atoms with Crippen LogP contribution in [0, 0.1) is 5.41 Å². The molecular formula is C17H22FNO3. The fraction of sp³-hybridized carbons (Fsp3) is 0.529. The minimum Gasteiger partial charge on any atom is -0.479 e. The van der Waals surface area contributed by atoms with E-state index in [2.05, 4.69) is 0 Å². The molecular weight excluding hydrogens is 285 g/mol. The summed E-state index contributed by atoms with van der Waals surface area (Å²) in [5, 5.41) is 9.21. The summed E-state index contributed by atoms with van der Waals surface area (Å²) in [7, 11) is 0. The number of carbonyl (C=O) groups excluding carboxylic acids is 1. The molecule has 2 rings (SSSR count). The summed E-state index contributed by atoms with van der Waals surface area (Å²) in [5.74, 6) is -1.77. The van der Waals surface area contributed by atoms with Crippen LogP contribution in [-0.4, -0.2) is 40.6 Å². The molecule has 22 heavy (non-hydrogen) atoms. The van der Waals surface area contributed by atoms with Crippen LogP contribution in [0.4, 0.5) is 4.39 Å². The number of hydrogen-bond acceptors (Lipinski definition) is 2. The van der Waals surface area contributed by atoms with E-state index in [4.69, 9.17) is 0 Å². The van der Waals surface area contributed by atoms with E-state index in [1.165, 1.54) is 4.90 Å². The van der Waals surface area contributed by atoms with Crippen LogP contribution in [0.25, 0.3) is 0 Å². The van der Waals surface area contributed by atoms with Crippen LogP contribution in [0.3, 0.4) is 0 Å². The van der Waals surface area contributed by atoms with E-state index >= 15 is 0 Å². The van der Waals surface area contributed by atoms with Gasteiger partial charge < -0.3 is 10.0 Å². The van der Waals surface area contributed by atoms with Crippen molar-refractivity contribution < 1.29 is 19.1 Å². The summed E-state index contributed by atoms with van der Waals surface area (Å²) in [6, 6.07) is 9.24. The van der Waals surface area contributed by atoms with Crippen LogP contribution in [-0.2, 0) is 15.0 Å². The van der Waals surface area contributed by atoms with Crippen LogP contribution in [0.15, 0.2) is 30.3 Å². The normalized spacial score (nSPS) is 24.3. The average Bonchev–Trinajstić information content (AvgIpc) is 2.70. The number of amides is 1. The monoisotopic (exact) mass is 307 g/mol. The van der Waals surface area contributed by atoms with Crippen molar-refractivity contribution in [3.63, 3.8) is 0 Å². The summed E-state index contributed by atoms with van der Waals surface area (Å²) in [6.45, 7) is 6.32. The molecule has 1 aliphatic heterocycles. The number of carboxylic acid groups (broad SMARTS) is 1. The molecule has 5 heteroatoms. The summed E-state index contributed by atoms with van der Waals surface area (Å²) in [4.78, 5) is 25.5. The number of halogens is 1. The molecule has 1 heterocycles. The second-order valence-electron chi connectivity index (χ2n) is 7.14. The molecule has 1 aromatic carbocycles. The lowest BCUT2D eigenvalue weighted by Gasteiger charge is -2.30. The summed E-state index contributed by atoms with van der Waals surface area (Å²) >= 11 is 0. The predicted molar refractivity (Wildman–Crippen MR) is 81.3 cm³/mol. The van der Waals surface area contributed by atoms with Crippen molar-refractivity contribution in [3.8, 4) is 0 Å². The Balaban J connectivity index is 2.31. The first kappa shape index (κ1) is 16.5. The zero-order chi connectivity index (χ0) is 16.8. The first-order chi connectivity index (χ1) is 10.0. The van der Waals surface area contributed by atoms with Crippen LogP contribution >= 0.6 is 0 Å². The second-order valence-corrected chi connectivity index (χ2v) is 7.14. The maximum Gasteiger partial charge on any atom is 0.343 e. The van der Waals surface area contributed by atoms with E-state index in [1.54, 1.807) is 27.7 Å². The van der Waals surface area contributed by atoms with Crippen molar-refractivity contribution in [2.75, 3.05) is 13.1 Å². The van der Waals surface area contributed by atoms with E-state index in [9.17, 15) is 19.1 Å². The highest BCUT2D eigenvalue weighted by Crippen LogP contribution is 2.43. The Bertz CT molecular complexity index is 597. The zero-order valence-electron chi connectivity index (χ0n) is 13.4. The molecule has 0 spiro atoms. The van der Waals surface area contributed by atoms with Crippen LogP contribution < -0.4 is 0 Å². The molecule has 1 unspecified atom stereocenters. The van der Waals surface area contributed by atoms with E-state index in [-0.39, 0.29) is 12.5 Å². The SMILES string of the molecule is CC(C)(C(=O)N1CC(C)(C)C(F)(C(=O)O)C1)c1ccccc1. The maximum atomic E-state index is 14.8. The molecule has 0 radical (unpaired) electrons. The maximum absolute atomic E-state index is 14.8. The Morgan fingerprint density at radius 3 is 2.18 bits per heavy atom. The highest BCUT2D eigenvalue weighted by Gasteiger charge is 2.60. The Morgan fingerprint density at radius 1 is 1.18 bits per heavy atom. The Hall–Kier alpha value is -1.91. The van der Waals surface area contributed by atoms with Gasteiger partial charge in [-0.2, -0.15) is 0 Å². The van der Waals surface area contributed by atoms with E-state index in [1.807, 2.05) is 30.3 Å². The molecule has 1 fully saturated rings. The van der Waals surface area contributed by atoms with Crippen LogP contribution in [0.2, 0.25) is 0 Å². The van der Waals surface area contributed by atoms with Crippen LogP contribution in [0.5, 0.6) is 0 Å². The molecule has 0 aromatic heterocycles. The first-order valence-corrected chi connectivity index (χ1v) is 7.29. The quantitative estimate of drug-likeness (QED) is 0.934. The van der Waals surface area contributed by atoms with Crippen molar-refractivity contribution >= 4 is 11.9 Å². The number of likely N-dealkylation sites (tertiary alicyclic amines) is 1. The number of aliphatic carboxylic acids is 1. The topological polar surface area (TPSA) is 57.6 Å². The van der Waals surface area contributed by atoms with Crippen LogP contribution in [0.1, 0.15) is 33.3 Å². The molecule has 4 nitrogen and oxygen atoms in total. The number of alkyl halides is 1. The van der Waals surface area contributed by atoms with Gasteiger partial charge in [0, 0.05) is 12.0 Å². The Kier molecular flexibility index (Phi) is 3.80. The molecule has 1 amide bonds. The molecule has 1 aliphatic rings. The van der Waals surface area contributed by atoms with Gasteiger partial charge in [-0.3, -0.25) is 4.79 Å². The van der Waals surface area contributed by atoms with E-state index < -0.39 is 29.0 Å². The van der Waals surface area contributed by atoms with Gasteiger partial charge in [0.25, 0.3) is 0 Å². The fourth-order valence-corrected chi connectivity index (χ4v) is 3.01. The van der Waals surface area contributed by atoms with Gasteiger partial charge in [0.2, 0.25) is 11.6 Å². The minimum atomic E-state index is -2.42. The number of nitrogens with zero attached hydrogens (tertiary/aromatic N) is 1. The molecule has 1 N–H and O–H groups in total. The summed E-state index contributed by atoms with van der Waals surface area (Å²) in [5.41, 5.74) is -3.55. The molecule has 0 aliphatic carbocycles. The lowest BCUT2D eigenvalue weighted by molar-refractivity contribution is -0.156. The number of rotatable bonds is 3. The number of carboxylic acids is 1. The minimum absolute atomic E-state index is 0.0882. The molecule has 120 valence electrons. The number of benzene rings is 1. The highest BCUT2D eigenvalue weighted by molar-refractivity contribution is 5.89. The molecule has 1 aromatic rings. The van der Waals surface area contributed by atoms with Gasteiger partial charge >= 0.3 is 5.97 Å². The number of carbonyl (C=O) groups is 2. The van der Waals surface area contributed by atoms with Gasteiger partial charge in [-0.1, -0.05) is 44.2 Å². The third-order valence-corrected chi connectivity index (χ3v) is 4.72. The van der Waals surface area contributed by atoms with Crippen molar-refractivity contribution in [1.29, 1.82) is 0 Å². The van der Waals surface area contributed by atoms with Gasteiger partial charge in [-0.15, -0.1) is 0 Å². The standard InChI is InChI=1S/C17H22FNO3/c1-15(2)10-19(11-17(15,18)14(21)22)13(20)16(3,4)12-8-6-5-7-9-12/h5-9H,10-11H2,1-4H3,(H,21,22). The highest BCUT2D eigenvalue weighted by atomic mass is 19.1. The third-order valence-electron chi connectivity index (χ3n) is 4.72. The third kappa shape index (κ3) is 2.38. The zero-order valence-corrected chi connectivity index (χ0v) is 13.4. The second kappa shape index (κ2) is 5.07. The van der Waals surface area contributed by atoms with Gasteiger partial charge in [-0.25, -0.2) is 9.18 Å².